The highest BCUT2D eigenvalue weighted by atomic mass is 79.9. The molecule has 0 fully saturated rings. The summed E-state index contributed by atoms with van der Waals surface area (Å²) in [5, 5.41) is 6.95. The van der Waals surface area contributed by atoms with Gasteiger partial charge in [-0.25, -0.2) is 4.39 Å². The maximum absolute atomic E-state index is 13.2. The molecule has 0 unspecified atom stereocenters. The Morgan fingerprint density at radius 2 is 2.25 bits per heavy atom. The molecule has 0 radical (unpaired) electrons. The van der Waals surface area contributed by atoms with Crippen molar-refractivity contribution in [3.8, 4) is 0 Å². The van der Waals surface area contributed by atoms with Gasteiger partial charge in [0.05, 0.1) is 16.9 Å². The SMILES string of the molecule is Cc1nn(C)cc1CNC(=O)c1cc(N)c(F)cc1Br. The summed E-state index contributed by atoms with van der Waals surface area (Å²) in [5.41, 5.74) is 7.49. The minimum atomic E-state index is -0.559. The number of amides is 1. The van der Waals surface area contributed by atoms with Crippen LogP contribution in [-0.4, -0.2) is 15.7 Å². The number of anilines is 1. The van der Waals surface area contributed by atoms with Crippen molar-refractivity contribution in [1.29, 1.82) is 0 Å². The van der Waals surface area contributed by atoms with Crippen molar-refractivity contribution in [1.82, 2.24) is 15.1 Å². The van der Waals surface area contributed by atoms with Gasteiger partial charge in [0.15, 0.2) is 0 Å². The van der Waals surface area contributed by atoms with Gasteiger partial charge in [-0.1, -0.05) is 0 Å². The van der Waals surface area contributed by atoms with Crippen LogP contribution >= 0.6 is 15.9 Å². The molecule has 7 heteroatoms. The van der Waals surface area contributed by atoms with Crippen molar-refractivity contribution in [3.63, 3.8) is 0 Å². The van der Waals surface area contributed by atoms with E-state index in [2.05, 4.69) is 26.3 Å². The monoisotopic (exact) mass is 340 g/mol. The lowest BCUT2D eigenvalue weighted by atomic mass is 10.1. The van der Waals surface area contributed by atoms with Gasteiger partial charge >= 0.3 is 0 Å². The van der Waals surface area contributed by atoms with Crippen molar-refractivity contribution < 1.29 is 9.18 Å². The number of hydrogen-bond acceptors (Lipinski definition) is 3. The predicted molar refractivity (Wildman–Crippen MR) is 77.6 cm³/mol. The quantitative estimate of drug-likeness (QED) is 0.840. The molecule has 1 aromatic carbocycles. The molecule has 1 amide bonds. The van der Waals surface area contributed by atoms with Crippen molar-refractivity contribution >= 4 is 27.5 Å². The van der Waals surface area contributed by atoms with E-state index < -0.39 is 5.82 Å². The van der Waals surface area contributed by atoms with E-state index in [1.165, 1.54) is 12.1 Å². The molecule has 20 heavy (non-hydrogen) atoms. The Labute approximate surface area is 124 Å². The second kappa shape index (κ2) is 5.62. The number of aryl methyl sites for hydroxylation is 2. The van der Waals surface area contributed by atoms with Gasteiger partial charge in [0.1, 0.15) is 5.82 Å². The topological polar surface area (TPSA) is 72.9 Å². The standard InChI is InChI=1S/C13H14BrFN4O/c1-7-8(6-19(2)18-7)5-17-13(20)9-3-12(16)11(15)4-10(9)14/h3-4,6H,5,16H2,1-2H3,(H,17,20). The van der Waals surface area contributed by atoms with Crippen LogP contribution in [-0.2, 0) is 13.6 Å². The Balaban J connectivity index is 2.13. The molecule has 0 bridgehead atoms. The van der Waals surface area contributed by atoms with E-state index in [1.807, 2.05) is 20.2 Å². The van der Waals surface area contributed by atoms with Gasteiger partial charge in [-0.05, 0) is 35.0 Å². The summed E-state index contributed by atoms with van der Waals surface area (Å²) in [6.07, 6.45) is 1.84. The van der Waals surface area contributed by atoms with Gasteiger partial charge in [-0.3, -0.25) is 9.48 Å². The van der Waals surface area contributed by atoms with E-state index in [9.17, 15) is 9.18 Å². The summed E-state index contributed by atoms with van der Waals surface area (Å²) < 4.78 is 15.3. The number of rotatable bonds is 3. The number of carbonyl (C=O) groups excluding carboxylic acids is 1. The summed E-state index contributed by atoms with van der Waals surface area (Å²) in [6.45, 7) is 2.22. The third kappa shape index (κ3) is 2.98. The maximum Gasteiger partial charge on any atom is 0.252 e. The lowest BCUT2D eigenvalue weighted by Gasteiger charge is -2.08. The second-order valence-corrected chi connectivity index (χ2v) is 5.30. The molecule has 2 rings (SSSR count). The van der Waals surface area contributed by atoms with Crippen LogP contribution in [0.3, 0.4) is 0 Å². The van der Waals surface area contributed by atoms with Crippen LogP contribution in [0.2, 0.25) is 0 Å². The number of nitrogens with two attached hydrogens (primary N) is 1. The lowest BCUT2D eigenvalue weighted by Crippen LogP contribution is -2.23. The van der Waals surface area contributed by atoms with Gasteiger partial charge in [-0.15, -0.1) is 0 Å². The molecule has 0 aliphatic carbocycles. The van der Waals surface area contributed by atoms with E-state index >= 15 is 0 Å². The van der Waals surface area contributed by atoms with Gasteiger partial charge in [-0.2, -0.15) is 5.10 Å². The van der Waals surface area contributed by atoms with E-state index in [4.69, 9.17) is 5.73 Å². The zero-order valence-corrected chi connectivity index (χ0v) is 12.7. The van der Waals surface area contributed by atoms with Crippen LogP contribution in [0, 0.1) is 12.7 Å². The highest BCUT2D eigenvalue weighted by Crippen LogP contribution is 2.22. The Bertz CT molecular complexity index is 669. The van der Waals surface area contributed by atoms with Crippen molar-refractivity contribution in [2.24, 2.45) is 7.05 Å². The molecule has 0 aliphatic rings. The molecule has 1 heterocycles. The van der Waals surface area contributed by atoms with Crippen LogP contribution in [0.5, 0.6) is 0 Å². The average molecular weight is 341 g/mol. The molecule has 0 saturated heterocycles. The van der Waals surface area contributed by atoms with Crippen LogP contribution < -0.4 is 11.1 Å². The number of nitrogen functional groups attached to an aromatic ring is 1. The van der Waals surface area contributed by atoms with Crippen molar-refractivity contribution in [2.45, 2.75) is 13.5 Å². The van der Waals surface area contributed by atoms with E-state index in [0.29, 0.717) is 16.6 Å². The minimum Gasteiger partial charge on any atom is -0.396 e. The summed E-state index contributed by atoms with van der Waals surface area (Å²) in [7, 11) is 1.82. The van der Waals surface area contributed by atoms with Crippen molar-refractivity contribution in [2.75, 3.05) is 5.73 Å². The summed E-state index contributed by atoms with van der Waals surface area (Å²) in [6, 6.07) is 2.49. The lowest BCUT2D eigenvalue weighted by molar-refractivity contribution is 0.0950. The van der Waals surface area contributed by atoms with E-state index in [-0.39, 0.29) is 11.6 Å². The number of nitrogens with one attached hydrogen (secondary N) is 1. The smallest absolute Gasteiger partial charge is 0.252 e. The molecule has 0 atom stereocenters. The molecule has 3 N–H and O–H groups in total. The number of aromatic nitrogens is 2. The first-order valence-corrected chi connectivity index (χ1v) is 6.69. The fraction of sp³-hybridized carbons (Fsp3) is 0.231. The van der Waals surface area contributed by atoms with Crippen LogP contribution in [0.15, 0.2) is 22.8 Å². The normalized spacial score (nSPS) is 10.6. The van der Waals surface area contributed by atoms with E-state index in [1.54, 1.807) is 4.68 Å². The number of benzene rings is 1. The third-order valence-corrected chi connectivity index (χ3v) is 3.54. The van der Waals surface area contributed by atoms with Gasteiger partial charge < -0.3 is 11.1 Å². The second-order valence-electron chi connectivity index (χ2n) is 4.45. The zero-order chi connectivity index (χ0) is 14.9. The highest BCUT2D eigenvalue weighted by molar-refractivity contribution is 9.10. The molecular weight excluding hydrogens is 327 g/mol. The minimum absolute atomic E-state index is 0.0593. The predicted octanol–water partition coefficient (Wildman–Crippen LogP) is 2.14. The third-order valence-electron chi connectivity index (χ3n) is 2.89. The van der Waals surface area contributed by atoms with Crippen LogP contribution in [0.25, 0.3) is 0 Å². The number of carbonyl (C=O) groups is 1. The molecule has 0 aliphatic heterocycles. The summed E-state index contributed by atoms with van der Waals surface area (Å²) in [5.74, 6) is -0.886. The first-order chi connectivity index (χ1) is 9.38. The molecule has 5 nitrogen and oxygen atoms in total. The zero-order valence-electron chi connectivity index (χ0n) is 11.1. The van der Waals surface area contributed by atoms with Gasteiger partial charge in [0.2, 0.25) is 0 Å². The molecule has 0 spiro atoms. The molecule has 2 aromatic rings. The Hall–Kier alpha value is -1.89. The maximum atomic E-state index is 13.2. The van der Waals surface area contributed by atoms with Gasteiger partial charge in [0.25, 0.3) is 5.91 Å². The molecular formula is C13H14BrFN4O. The summed E-state index contributed by atoms with van der Waals surface area (Å²) >= 11 is 3.15. The largest absolute Gasteiger partial charge is 0.396 e. The molecule has 1 aromatic heterocycles. The fourth-order valence-electron chi connectivity index (χ4n) is 1.83. The average Bonchev–Trinajstić information content (AvgIpc) is 2.69. The fourth-order valence-corrected chi connectivity index (χ4v) is 2.33. The Kier molecular flexibility index (Phi) is 4.08. The Morgan fingerprint density at radius 1 is 1.55 bits per heavy atom. The van der Waals surface area contributed by atoms with Crippen LogP contribution in [0.1, 0.15) is 21.6 Å². The molecule has 106 valence electrons. The number of nitrogens with zero attached hydrogens (tertiary/aromatic N) is 2. The summed E-state index contributed by atoms with van der Waals surface area (Å²) in [4.78, 5) is 12.1. The van der Waals surface area contributed by atoms with Crippen LogP contribution in [0.4, 0.5) is 10.1 Å². The number of hydrogen-bond donors (Lipinski definition) is 2. The van der Waals surface area contributed by atoms with E-state index in [0.717, 1.165) is 11.3 Å². The van der Waals surface area contributed by atoms with Crippen molar-refractivity contribution in [3.05, 3.63) is 45.4 Å². The van der Waals surface area contributed by atoms with Gasteiger partial charge in [0, 0.05) is 29.8 Å². The Morgan fingerprint density at radius 3 is 2.85 bits per heavy atom. The molecule has 0 saturated carbocycles. The number of halogens is 2. The first kappa shape index (κ1) is 14.5. The first-order valence-electron chi connectivity index (χ1n) is 5.90. The highest BCUT2D eigenvalue weighted by Gasteiger charge is 2.14.